The number of aromatic nitrogens is 3. The Balaban J connectivity index is 1.75. The van der Waals surface area contributed by atoms with Crippen LogP contribution in [0.1, 0.15) is 5.56 Å². The van der Waals surface area contributed by atoms with Crippen LogP contribution in [0.3, 0.4) is 0 Å². The van der Waals surface area contributed by atoms with Crippen LogP contribution in [0.2, 0.25) is 0 Å². The Labute approximate surface area is 182 Å². The van der Waals surface area contributed by atoms with Gasteiger partial charge in [0, 0.05) is 25.3 Å². The molecule has 4 aromatic rings. The summed E-state index contributed by atoms with van der Waals surface area (Å²) in [4.78, 5) is 19.9. The number of nitrogens with zero attached hydrogens (tertiary/aromatic N) is 4. The molecule has 9 heteroatoms. The highest BCUT2D eigenvalue weighted by molar-refractivity contribution is 7.15. The van der Waals surface area contributed by atoms with Crippen molar-refractivity contribution in [2.75, 3.05) is 40.3 Å². The molecule has 0 N–H and O–H groups in total. The Bertz CT molecular complexity index is 1320. The summed E-state index contributed by atoms with van der Waals surface area (Å²) in [5.74, 6) is 1.88. The maximum Gasteiger partial charge on any atom is 0.291 e. The molecule has 0 saturated heterocycles. The van der Waals surface area contributed by atoms with E-state index in [9.17, 15) is 4.79 Å². The maximum absolute atomic E-state index is 12.9. The van der Waals surface area contributed by atoms with E-state index in [-0.39, 0.29) is 5.56 Å². The Morgan fingerprint density at radius 3 is 2.16 bits per heavy atom. The van der Waals surface area contributed by atoms with Crippen molar-refractivity contribution >= 4 is 28.1 Å². The zero-order chi connectivity index (χ0) is 22.1. The number of anilines is 1. The van der Waals surface area contributed by atoms with Gasteiger partial charge in [-0.05, 0) is 35.9 Å². The Morgan fingerprint density at radius 2 is 1.65 bits per heavy atom. The standard InChI is InChI=1S/C22H22N4O4S/c1-25(2)15-8-6-13(7-9-15)10-18-21(27)26-22(31-18)23-20(24-26)14-11-16(28-3)19(30-5)17(12-14)29-4/h6-12H,1-5H3/b18-10+. The lowest BCUT2D eigenvalue weighted by Crippen LogP contribution is -2.23. The van der Waals surface area contributed by atoms with Crippen LogP contribution in [-0.2, 0) is 0 Å². The smallest absolute Gasteiger partial charge is 0.291 e. The second kappa shape index (κ2) is 8.27. The van der Waals surface area contributed by atoms with Crippen LogP contribution in [0.5, 0.6) is 17.2 Å². The highest BCUT2D eigenvalue weighted by Crippen LogP contribution is 2.40. The van der Waals surface area contributed by atoms with Gasteiger partial charge in [0.05, 0.1) is 25.9 Å². The minimum absolute atomic E-state index is 0.206. The number of benzene rings is 2. The number of methoxy groups -OCH3 is 3. The predicted molar refractivity (Wildman–Crippen MR) is 122 cm³/mol. The fourth-order valence-corrected chi connectivity index (χ4v) is 4.09. The minimum Gasteiger partial charge on any atom is -0.493 e. The largest absolute Gasteiger partial charge is 0.493 e. The van der Waals surface area contributed by atoms with Crippen molar-refractivity contribution in [3.63, 3.8) is 0 Å². The fourth-order valence-electron chi connectivity index (χ4n) is 3.19. The Morgan fingerprint density at radius 1 is 1.00 bits per heavy atom. The molecule has 31 heavy (non-hydrogen) atoms. The zero-order valence-electron chi connectivity index (χ0n) is 17.9. The van der Waals surface area contributed by atoms with Crippen molar-refractivity contribution in [2.45, 2.75) is 0 Å². The van der Waals surface area contributed by atoms with E-state index in [1.807, 2.05) is 49.3 Å². The van der Waals surface area contributed by atoms with Crippen molar-refractivity contribution in [3.8, 4) is 28.6 Å². The lowest BCUT2D eigenvalue weighted by molar-refractivity contribution is 0.324. The molecule has 2 aromatic heterocycles. The fraction of sp³-hybridized carbons (Fsp3) is 0.227. The molecule has 0 atom stereocenters. The zero-order valence-corrected chi connectivity index (χ0v) is 18.7. The summed E-state index contributed by atoms with van der Waals surface area (Å²) in [5, 5.41) is 4.41. The number of fused-ring (bicyclic) bond motifs is 1. The molecule has 0 bridgehead atoms. The molecule has 0 aliphatic carbocycles. The number of rotatable bonds is 6. The van der Waals surface area contributed by atoms with Gasteiger partial charge < -0.3 is 19.1 Å². The SMILES string of the molecule is COc1cc(-c2nc3s/c(=C/c4ccc(N(C)C)cc4)c(=O)n3n2)cc(OC)c1OC. The molecule has 0 fully saturated rings. The lowest BCUT2D eigenvalue weighted by Gasteiger charge is -2.12. The third-order valence-corrected chi connectivity index (χ3v) is 5.77. The summed E-state index contributed by atoms with van der Waals surface area (Å²) in [6.45, 7) is 0. The quantitative estimate of drug-likeness (QED) is 0.458. The number of hydrogen-bond donors (Lipinski definition) is 0. The minimum atomic E-state index is -0.206. The van der Waals surface area contributed by atoms with Crippen molar-refractivity contribution < 1.29 is 14.2 Å². The van der Waals surface area contributed by atoms with Gasteiger partial charge in [-0.15, -0.1) is 5.10 Å². The normalized spacial score (nSPS) is 11.7. The van der Waals surface area contributed by atoms with Crippen LogP contribution in [0.4, 0.5) is 5.69 Å². The second-order valence-electron chi connectivity index (χ2n) is 6.95. The van der Waals surface area contributed by atoms with Crippen LogP contribution in [0, 0.1) is 0 Å². The van der Waals surface area contributed by atoms with E-state index in [1.165, 1.54) is 15.9 Å². The summed E-state index contributed by atoms with van der Waals surface area (Å²) in [6, 6.07) is 11.5. The number of thiazole rings is 1. The molecule has 8 nitrogen and oxygen atoms in total. The molecule has 0 aliphatic rings. The van der Waals surface area contributed by atoms with Crippen LogP contribution in [-0.4, -0.2) is 50.0 Å². The van der Waals surface area contributed by atoms with Crippen molar-refractivity contribution in [2.24, 2.45) is 0 Å². The van der Waals surface area contributed by atoms with Crippen LogP contribution >= 0.6 is 11.3 Å². The molecular weight excluding hydrogens is 416 g/mol. The van der Waals surface area contributed by atoms with E-state index in [0.29, 0.717) is 38.1 Å². The summed E-state index contributed by atoms with van der Waals surface area (Å²) in [6.07, 6.45) is 1.85. The third-order valence-electron chi connectivity index (χ3n) is 4.81. The molecule has 0 radical (unpaired) electrons. The van der Waals surface area contributed by atoms with Gasteiger partial charge in [0.2, 0.25) is 10.7 Å². The molecule has 160 valence electrons. The third kappa shape index (κ3) is 3.79. The van der Waals surface area contributed by atoms with E-state index >= 15 is 0 Å². The van der Waals surface area contributed by atoms with Crippen LogP contribution in [0.15, 0.2) is 41.2 Å². The number of ether oxygens (including phenoxy) is 3. The van der Waals surface area contributed by atoms with Gasteiger partial charge in [-0.25, -0.2) is 0 Å². The summed E-state index contributed by atoms with van der Waals surface area (Å²) < 4.78 is 18.0. The van der Waals surface area contributed by atoms with Gasteiger partial charge in [0.25, 0.3) is 5.56 Å². The van der Waals surface area contributed by atoms with Gasteiger partial charge in [-0.2, -0.15) is 9.50 Å². The molecule has 0 saturated carbocycles. The van der Waals surface area contributed by atoms with Gasteiger partial charge in [-0.3, -0.25) is 4.79 Å². The molecule has 0 unspecified atom stereocenters. The average molecular weight is 439 g/mol. The first-order valence-electron chi connectivity index (χ1n) is 9.44. The first-order chi connectivity index (χ1) is 14.9. The van der Waals surface area contributed by atoms with E-state index in [4.69, 9.17) is 14.2 Å². The first-order valence-corrected chi connectivity index (χ1v) is 10.3. The Hall–Kier alpha value is -3.59. The van der Waals surface area contributed by atoms with Gasteiger partial charge in [-0.1, -0.05) is 23.5 Å². The monoisotopic (exact) mass is 438 g/mol. The molecular formula is C22H22N4O4S. The molecule has 2 aromatic carbocycles. The van der Waals surface area contributed by atoms with Crippen molar-refractivity contribution in [3.05, 3.63) is 56.8 Å². The van der Waals surface area contributed by atoms with E-state index in [0.717, 1.165) is 11.3 Å². The van der Waals surface area contributed by atoms with Gasteiger partial charge in [0.1, 0.15) is 0 Å². The predicted octanol–water partition coefficient (Wildman–Crippen LogP) is 2.46. The van der Waals surface area contributed by atoms with Crippen molar-refractivity contribution in [1.82, 2.24) is 14.6 Å². The van der Waals surface area contributed by atoms with E-state index in [2.05, 4.69) is 10.1 Å². The highest BCUT2D eigenvalue weighted by Gasteiger charge is 2.18. The summed E-state index contributed by atoms with van der Waals surface area (Å²) in [7, 11) is 8.60. The topological polar surface area (TPSA) is 78.2 Å². The lowest BCUT2D eigenvalue weighted by atomic mass is 10.1. The number of hydrogen-bond acceptors (Lipinski definition) is 8. The molecule has 0 spiro atoms. The molecule has 2 heterocycles. The van der Waals surface area contributed by atoms with E-state index in [1.54, 1.807) is 33.5 Å². The molecule has 0 amide bonds. The molecule has 0 aliphatic heterocycles. The van der Waals surface area contributed by atoms with Gasteiger partial charge in [0.15, 0.2) is 17.3 Å². The second-order valence-corrected chi connectivity index (χ2v) is 7.95. The van der Waals surface area contributed by atoms with E-state index < -0.39 is 0 Å². The van der Waals surface area contributed by atoms with Crippen LogP contribution < -0.4 is 29.2 Å². The summed E-state index contributed by atoms with van der Waals surface area (Å²) in [5.41, 5.74) is 2.49. The van der Waals surface area contributed by atoms with Crippen molar-refractivity contribution in [1.29, 1.82) is 0 Å². The first kappa shape index (κ1) is 20.7. The highest BCUT2D eigenvalue weighted by atomic mass is 32.1. The molecule has 4 rings (SSSR count). The van der Waals surface area contributed by atoms with Gasteiger partial charge >= 0.3 is 0 Å². The maximum atomic E-state index is 12.9. The summed E-state index contributed by atoms with van der Waals surface area (Å²) >= 11 is 1.30. The van der Waals surface area contributed by atoms with Crippen LogP contribution in [0.25, 0.3) is 22.4 Å². The Kier molecular flexibility index (Phi) is 5.51. The average Bonchev–Trinajstić information content (AvgIpc) is 3.32.